The summed E-state index contributed by atoms with van der Waals surface area (Å²) in [4.78, 5) is 14.8. The predicted octanol–water partition coefficient (Wildman–Crippen LogP) is 4.71. The Morgan fingerprint density at radius 3 is 2.85 bits per heavy atom. The molecule has 0 spiro atoms. The highest BCUT2D eigenvalue weighted by Crippen LogP contribution is 2.38. The molecule has 0 aliphatic carbocycles. The molecule has 2 heterocycles. The molecule has 6 heteroatoms. The Labute approximate surface area is 168 Å². The van der Waals surface area contributed by atoms with Crippen LogP contribution in [-0.2, 0) is 10.5 Å². The van der Waals surface area contributed by atoms with E-state index in [0.717, 1.165) is 52.8 Å². The zero-order valence-corrected chi connectivity index (χ0v) is 16.6. The Hall–Kier alpha value is -1.85. The summed E-state index contributed by atoms with van der Waals surface area (Å²) in [6.45, 7) is 1.98. The molecule has 0 radical (unpaired) electrons. The van der Waals surface area contributed by atoms with Crippen molar-refractivity contribution in [3.05, 3.63) is 58.6 Å². The Balaban J connectivity index is 1.38. The van der Waals surface area contributed by atoms with Crippen LogP contribution < -0.4 is 9.47 Å². The van der Waals surface area contributed by atoms with Crippen LogP contribution in [0.1, 0.15) is 30.0 Å². The van der Waals surface area contributed by atoms with Gasteiger partial charge in [0, 0.05) is 17.3 Å². The Morgan fingerprint density at radius 2 is 2.00 bits per heavy atom. The smallest absolute Gasteiger partial charge is 0.233 e. The number of halogens is 1. The molecule has 2 aromatic carbocycles. The normalized spacial score (nSPS) is 18.6. The average molecular weight is 404 g/mol. The van der Waals surface area contributed by atoms with Gasteiger partial charge in [-0.3, -0.25) is 4.79 Å². The number of thioether (sulfide) groups is 1. The second-order valence-electron chi connectivity index (χ2n) is 6.77. The monoisotopic (exact) mass is 403 g/mol. The summed E-state index contributed by atoms with van der Waals surface area (Å²) in [7, 11) is 0. The number of carbonyl (C=O) groups is 1. The molecule has 2 aliphatic heterocycles. The highest BCUT2D eigenvalue weighted by atomic mass is 35.5. The highest BCUT2D eigenvalue weighted by molar-refractivity contribution is 7.99. The number of rotatable bonds is 5. The molecule has 27 heavy (non-hydrogen) atoms. The lowest BCUT2D eigenvalue weighted by Gasteiger charge is -2.26. The summed E-state index contributed by atoms with van der Waals surface area (Å²) < 4.78 is 11.3. The van der Waals surface area contributed by atoms with Crippen molar-refractivity contribution < 1.29 is 14.3 Å². The van der Waals surface area contributed by atoms with Crippen LogP contribution in [0.5, 0.6) is 11.5 Å². The average Bonchev–Trinajstić information content (AvgIpc) is 3.17. The number of nitrogens with zero attached hydrogens (tertiary/aromatic N) is 1. The quantitative estimate of drug-likeness (QED) is 0.724. The van der Waals surface area contributed by atoms with E-state index in [4.69, 9.17) is 21.1 Å². The van der Waals surface area contributed by atoms with E-state index >= 15 is 0 Å². The largest absolute Gasteiger partial charge is 0.486 e. The lowest BCUT2D eigenvalue weighted by molar-refractivity contribution is -0.129. The molecule has 1 amide bonds. The SMILES string of the molecule is O=C(CSCc1cccc(Cl)c1)N1CCCC1c1ccc2c(c1)OCCO2. The minimum Gasteiger partial charge on any atom is -0.486 e. The molecule has 1 atom stereocenters. The van der Waals surface area contributed by atoms with Gasteiger partial charge in [-0.15, -0.1) is 11.8 Å². The number of carbonyl (C=O) groups excluding carboxylic acids is 1. The van der Waals surface area contributed by atoms with Crippen LogP contribution in [0, 0.1) is 0 Å². The van der Waals surface area contributed by atoms with Gasteiger partial charge in [0.05, 0.1) is 11.8 Å². The maximum Gasteiger partial charge on any atom is 0.233 e. The van der Waals surface area contributed by atoms with Gasteiger partial charge in [-0.2, -0.15) is 0 Å². The Morgan fingerprint density at radius 1 is 1.15 bits per heavy atom. The van der Waals surface area contributed by atoms with Crippen LogP contribution >= 0.6 is 23.4 Å². The topological polar surface area (TPSA) is 38.8 Å². The van der Waals surface area contributed by atoms with Crippen molar-refractivity contribution in [3.8, 4) is 11.5 Å². The minimum atomic E-state index is 0.125. The van der Waals surface area contributed by atoms with Crippen LogP contribution in [0.25, 0.3) is 0 Å². The van der Waals surface area contributed by atoms with Gasteiger partial charge in [-0.05, 0) is 48.2 Å². The molecule has 142 valence electrons. The molecule has 2 aromatic rings. The minimum absolute atomic E-state index is 0.125. The van der Waals surface area contributed by atoms with Gasteiger partial charge in [0.2, 0.25) is 5.91 Å². The summed E-state index contributed by atoms with van der Waals surface area (Å²) in [5, 5.41) is 0.734. The predicted molar refractivity (Wildman–Crippen MR) is 109 cm³/mol. The van der Waals surface area contributed by atoms with Crippen LogP contribution in [0.3, 0.4) is 0 Å². The molecule has 0 bridgehead atoms. The number of amides is 1. The second kappa shape index (κ2) is 8.44. The third-order valence-corrected chi connectivity index (χ3v) is 6.13. The first-order chi connectivity index (χ1) is 13.2. The number of benzene rings is 2. The summed E-state index contributed by atoms with van der Waals surface area (Å²) in [6, 6.07) is 14.0. The zero-order chi connectivity index (χ0) is 18.6. The third-order valence-electron chi connectivity index (χ3n) is 4.91. The maximum absolute atomic E-state index is 12.8. The van der Waals surface area contributed by atoms with E-state index in [1.54, 1.807) is 11.8 Å². The van der Waals surface area contributed by atoms with Crippen molar-refractivity contribution >= 4 is 29.3 Å². The lowest BCUT2D eigenvalue weighted by atomic mass is 10.0. The van der Waals surface area contributed by atoms with Gasteiger partial charge in [0.15, 0.2) is 11.5 Å². The molecule has 0 aromatic heterocycles. The maximum atomic E-state index is 12.8. The molecule has 4 nitrogen and oxygen atoms in total. The van der Waals surface area contributed by atoms with Crippen molar-refractivity contribution in [2.75, 3.05) is 25.5 Å². The first-order valence-electron chi connectivity index (χ1n) is 9.22. The molecule has 0 N–H and O–H groups in total. The van der Waals surface area contributed by atoms with Crippen LogP contribution in [0.15, 0.2) is 42.5 Å². The molecular weight excluding hydrogens is 382 g/mol. The van der Waals surface area contributed by atoms with Crippen LogP contribution in [0.2, 0.25) is 5.02 Å². The third kappa shape index (κ3) is 4.36. The Kier molecular flexibility index (Phi) is 5.79. The van der Waals surface area contributed by atoms with Crippen LogP contribution in [-0.4, -0.2) is 36.3 Å². The summed E-state index contributed by atoms with van der Waals surface area (Å²) >= 11 is 7.66. The van der Waals surface area contributed by atoms with Crippen molar-refractivity contribution in [1.82, 2.24) is 4.90 Å². The molecule has 0 saturated carbocycles. The molecule has 1 saturated heterocycles. The van der Waals surface area contributed by atoms with Crippen molar-refractivity contribution in [1.29, 1.82) is 0 Å². The van der Waals surface area contributed by atoms with Crippen molar-refractivity contribution in [2.24, 2.45) is 0 Å². The van der Waals surface area contributed by atoms with E-state index in [0.29, 0.717) is 19.0 Å². The summed E-state index contributed by atoms with van der Waals surface area (Å²) in [5.74, 6) is 3.04. The lowest BCUT2D eigenvalue weighted by Crippen LogP contribution is -2.32. The molecular formula is C21H22ClNO3S. The van der Waals surface area contributed by atoms with Gasteiger partial charge in [-0.1, -0.05) is 29.8 Å². The van der Waals surface area contributed by atoms with E-state index < -0.39 is 0 Å². The number of hydrogen-bond donors (Lipinski definition) is 0. The number of hydrogen-bond acceptors (Lipinski definition) is 4. The molecule has 4 rings (SSSR count). The van der Waals surface area contributed by atoms with Crippen molar-refractivity contribution in [2.45, 2.75) is 24.6 Å². The van der Waals surface area contributed by atoms with E-state index in [2.05, 4.69) is 6.07 Å². The van der Waals surface area contributed by atoms with E-state index in [1.165, 1.54) is 0 Å². The fraction of sp³-hybridized carbons (Fsp3) is 0.381. The van der Waals surface area contributed by atoms with Gasteiger partial charge in [-0.25, -0.2) is 0 Å². The van der Waals surface area contributed by atoms with Gasteiger partial charge in [0.1, 0.15) is 13.2 Å². The van der Waals surface area contributed by atoms with Gasteiger partial charge >= 0.3 is 0 Å². The number of ether oxygens (including phenoxy) is 2. The molecule has 1 fully saturated rings. The van der Waals surface area contributed by atoms with E-state index in [9.17, 15) is 4.79 Å². The first-order valence-corrected chi connectivity index (χ1v) is 10.8. The number of likely N-dealkylation sites (tertiary alicyclic amines) is 1. The second-order valence-corrected chi connectivity index (χ2v) is 8.19. The van der Waals surface area contributed by atoms with Gasteiger partial charge < -0.3 is 14.4 Å². The Bertz CT molecular complexity index is 829. The summed E-state index contributed by atoms with van der Waals surface area (Å²) in [6.07, 6.45) is 2.02. The van der Waals surface area contributed by atoms with Crippen molar-refractivity contribution in [3.63, 3.8) is 0 Å². The fourth-order valence-corrected chi connectivity index (χ4v) is 4.72. The van der Waals surface area contributed by atoms with E-state index in [1.807, 2.05) is 41.3 Å². The summed E-state index contributed by atoms with van der Waals surface area (Å²) in [5.41, 5.74) is 2.27. The van der Waals surface area contributed by atoms with Gasteiger partial charge in [0.25, 0.3) is 0 Å². The van der Waals surface area contributed by atoms with Crippen LogP contribution in [0.4, 0.5) is 0 Å². The van der Waals surface area contributed by atoms with E-state index in [-0.39, 0.29) is 11.9 Å². The highest BCUT2D eigenvalue weighted by Gasteiger charge is 2.30. The first kappa shape index (κ1) is 18.5. The fourth-order valence-electron chi connectivity index (χ4n) is 3.64. The zero-order valence-electron chi connectivity index (χ0n) is 15.0. The molecule has 1 unspecified atom stereocenters. The molecule has 2 aliphatic rings. The number of fused-ring (bicyclic) bond motifs is 1. The standard InChI is InChI=1S/C21H22ClNO3S/c22-17-4-1-3-15(11-17)13-27-14-21(24)23-8-2-5-18(23)16-6-7-19-20(12-16)26-10-9-25-19/h1,3-4,6-7,11-12,18H,2,5,8-10,13-14H2.